The first-order valence-electron chi connectivity index (χ1n) is 7.52. The van der Waals surface area contributed by atoms with Crippen LogP contribution in [0.2, 0.25) is 0 Å². The van der Waals surface area contributed by atoms with Gasteiger partial charge < -0.3 is 4.74 Å². The molecule has 1 rings (SSSR count). The van der Waals surface area contributed by atoms with E-state index in [0.29, 0.717) is 5.41 Å². The predicted molar refractivity (Wildman–Crippen MR) is 105 cm³/mol. The monoisotopic (exact) mass is 438 g/mol. The van der Waals surface area contributed by atoms with Gasteiger partial charge in [-0.3, -0.25) is 0 Å². The zero-order valence-corrected chi connectivity index (χ0v) is 20.0. The maximum atomic E-state index is 5.08. The van der Waals surface area contributed by atoms with E-state index < -0.39 is 12.3 Å². The van der Waals surface area contributed by atoms with Gasteiger partial charge in [-0.25, -0.2) is 0 Å². The van der Waals surface area contributed by atoms with Gasteiger partial charge in [0.15, 0.2) is 0 Å². The minimum absolute atomic E-state index is 0.522. The Hall–Kier alpha value is 0.894. The molecule has 1 aromatic rings. The molecule has 0 amide bonds. The van der Waals surface area contributed by atoms with Gasteiger partial charge in [0.1, 0.15) is 5.75 Å². The number of hydrogen-bond donors (Lipinski definition) is 0. The van der Waals surface area contributed by atoms with E-state index in [-0.39, 0.29) is 0 Å². The summed E-state index contributed by atoms with van der Waals surface area (Å²) in [6.07, 6.45) is 1.33. The number of halogens is 4. The first-order chi connectivity index (χ1) is 10.1. The second-order valence-corrected chi connectivity index (χ2v) is 22.6. The molecule has 0 heterocycles. The van der Waals surface area contributed by atoms with Crippen LogP contribution in [0.4, 0.5) is 0 Å². The Morgan fingerprint density at radius 3 is 1.48 bits per heavy atom. The first kappa shape index (κ1) is 26.1. The normalized spacial score (nSPS) is 11.2. The van der Waals surface area contributed by atoms with Crippen LogP contribution < -0.4 is 4.74 Å². The van der Waals surface area contributed by atoms with E-state index in [2.05, 4.69) is 54.5 Å². The fourth-order valence-corrected chi connectivity index (χ4v) is 2.28. The van der Waals surface area contributed by atoms with Crippen LogP contribution in [0.1, 0.15) is 52.2 Å². The Kier molecular flexibility index (Phi) is 13.9. The van der Waals surface area contributed by atoms with Gasteiger partial charge in [-0.1, -0.05) is 40.7 Å². The van der Waals surface area contributed by atoms with Crippen molar-refractivity contribution in [2.45, 2.75) is 54.9 Å². The van der Waals surface area contributed by atoms with Crippen molar-refractivity contribution in [3.05, 3.63) is 29.3 Å². The molecule has 0 aliphatic carbocycles. The minimum atomic E-state index is -3.11. The van der Waals surface area contributed by atoms with Gasteiger partial charge in [0.25, 0.3) is 0 Å². The van der Waals surface area contributed by atoms with Crippen LogP contribution in [0.15, 0.2) is 18.2 Å². The molecule has 0 spiro atoms. The zero-order valence-electron chi connectivity index (χ0n) is 15.4. The Balaban J connectivity index is 0. The zero-order chi connectivity index (χ0) is 18.8. The summed E-state index contributed by atoms with van der Waals surface area (Å²) in [6.45, 7) is 15.5. The van der Waals surface area contributed by atoms with Crippen molar-refractivity contribution in [2.75, 3.05) is 7.11 Å². The third-order valence-corrected chi connectivity index (χ3v) is 2.45. The molecule has 0 saturated carbocycles. The molecule has 0 aromatic heterocycles. The van der Waals surface area contributed by atoms with E-state index in [1.54, 1.807) is 7.11 Å². The number of benzene rings is 1. The van der Waals surface area contributed by atoms with Crippen LogP contribution in [0.5, 0.6) is 5.75 Å². The molecule has 0 atom stereocenters. The first-order valence-corrected chi connectivity index (χ1v) is 16.1. The van der Waals surface area contributed by atoms with E-state index in [1.807, 2.05) is 12.1 Å². The Labute approximate surface area is 161 Å². The van der Waals surface area contributed by atoms with Crippen LogP contribution in [0.3, 0.4) is 0 Å². The van der Waals surface area contributed by atoms with E-state index in [9.17, 15) is 0 Å². The van der Waals surface area contributed by atoms with Crippen molar-refractivity contribution in [3.8, 4) is 5.75 Å². The molecule has 0 saturated heterocycles. The number of aryl methyl sites for hydroxylation is 2. The summed E-state index contributed by atoms with van der Waals surface area (Å²) < 4.78 is 5.08. The average Bonchev–Trinajstić information content (AvgIpc) is 2.22. The fourth-order valence-electron chi connectivity index (χ4n) is 2.28. The Bertz CT molecular complexity index is 411. The molecule has 0 aliphatic heterocycles. The summed E-state index contributed by atoms with van der Waals surface area (Å²) in [5.74, 6) is 1.78. The summed E-state index contributed by atoms with van der Waals surface area (Å²) >= 11 is -3.11. The molecule has 0 aliphatic rings. The summed E-state index contributed by atoms with van der Waals surface area (Å²) in [7, 11) is 21.7. The van der Waals surface area contributed by atoms with Crippen molar-refractivity contribution in [2.24, 2.45) is 11.3 Å². The average molecular weight is 440 g/mol. The standard InChI is InChI=1S/C9H12O.C8H18.4ClH.Ti/c1-7-4-8(2)6-9(5-7)10-3;1-7(2)6-8(3,4)5;;;;;/h4-6H,1-3H3;7H,6H2,1-5H3;4*1H;/q;;;;;;+4/p-4. The molecule has 0 radical (unpaired) electrons. The number of methoxy groups -OCH3 is 1. The van der Waals surface area contributed by atoms with Crippen LogP contribution in [-0.4, -0.2) is 7.11 Å². The summed E-state index contributed by atoms with van der Waals surface area (Å²) in [5, 5.41) is 0. The van der Waals surface area contributed by atoms with Gasteiger partial charge in [-0.15, -0.1) is 0 Å². The van der Waals surface area contributed by atoms with Crippen molar-refractivity contribution in [1.82, 2.24) is 0 Å². The fraction of sp³-hybridized carbons (Fsp3) is 0.647. The summed E-state index contributed by atoms with van der Waals surface area (Å²) in [5.41, 5.74) is 3.02. The number of rotatable bonds is 2. The molecule has 136 valence electrons. The van der Waals surface area contributed by atoms with E-state index in [1.165, 1.54) is 17.5 Å². The topological polar surface area (TPSA) is 9.23 Å². The van der Waals surface area contributed by atoms with Crippen molar-refractivity contribution < 1.29 is 17.1 Å². The predicted octanol–water partition coefficient (Wildman–Crippen LogP) is 8.15. The van der Waals surface area contributed by atoms with E-state index in [4.69, 9.17) is 42.0 Å². The van der Waals surface area contributed by atoms with Gasteiger partial charge in [-0.2, -0.15) is 0 Å². The molecule has 1 aromatic carbocycles. The Morgan fingerprint density at radius 2 is 1.30 bits per heavy atom. The molecule has 0 bridgehead atoms. The van der Waals surface area contributed by atoms with Crippen molar-refractivity contribution >= 4 is 37.2 Å². The SMILES string of the molecule is CC(C)CC(C)(C)C.COc1cc(C)cc(C)c1.[Cl][Ti]([Cl])([Cl])[Cl]. The molecular weight excluding hydrogens is 410 g/mol. The van der Waals surface area contributed by atoms with Gasteiger partial charge in [-0.05, 0) is 54.9 Å². The number of hydrogen-bond acceptors (Lipinski definition) is 1. The molecule has 0 fully saturated rings. The van der Waals surface area contributed by atoms with Gasteiger partial charge in [0.05, 0.1) is 7.11 Å². The third-order valence-electron chi connectivity index (χ3n) is 2.45. The molecule has 23 heavy (non-hydrogen) atoms. The number of ether oxygens (including phenoxy) is 1. The van der Waals surface area contributed by atoms with Gasteiger partial charge in [0, 0.05) is 0 Å². The van der Waals surface area contributed by atoms with Crippen LogP contribution in [0.25, 0.3) is 0 Å². The summed E-state index contributed by atoms with van der Waals surface area (Å²) in [6, 6.07) is 6.17. The van der Waals surface area contributed by atoms with Crippen molar-refractivity contribution in [1.29, 1.82) is 0 Å². The second-order valence-electron chi connectivity index (χ2n) is 7.11. The van der Waals surface area contributed by atoms with Gasteiger partial charge in [0.2, 0.25) is 0 Å². The second kappa shape index (κ2) is 12.3. The third kappa shape index (κ3) is 25.3. The molecular formula is C17H30Cl4OTi. The van der Waals surface area contributed by atoms with Gasteiger partial charge >= 0.3 is 49.6 Å². The Morgan fingerprint density at radius 1 is 0.957 bits per heavy atom. The van der Waals surface area contributed by atoms with Crippen LogP contribution in [-0.2, 0) is 12.3 Å². The van der Waals surface area contributed by atoms with Crippen LogP contribution >= 0.6 is 37.2 Å². The van der Waals surface area contributed by atoms with Crippen LogP contribution in [0, 0.1) is 25.2 Å². The van der Waals surface area contributed by atoms with E-state index in [0.717, 1.165) is 11.7 Å². The molecule has 6 heteroatoms. The van der Waals surface area contributed by atoms with Crippen molar-refractivity contribution in [3.63, 3.8) is 0 Å². The maximum absolute atomic E-state index is 5.08. The molecule has 0 unspecified atom stereocenters. The van der Waals surface area contributed by atoms with E-state index >= 15 is 0 Å². The summed E-state index contributed by atoms with van der Waals surface area (Å²) in [4.78, 5) is 0. The molecule has 0 N–H and O–H groups in total. The molecule has 1 nitrogen and oxygen atoms in total. The quantitative estimate of drug-likeness (QED) is 0.422.